The molecule has 39 heavy (non-hydrogen) atoms. The molecule has 0 aliphatic rings. The quantitative estimate of drug-likeness (QED) is 0.243. The first-order valence-electron chi connectivity index (χ1n) is 12.4. The van der Waals surface area contributed by atoms with Gasteiger partial charge in [0.2, 0.25) is 15.9 Å². The van der Waals surface area contributed by atoms with Crippen LogP contribution in [0.4, 0.5) is 5.69 Å². The molecule has 1 heterocycles. The molecule has 0 unspecified atom stereocenters. The lowest BCUT2D eigenvalue weighted by Gasteiger charge is -2.16. The molecule has 0 aliphatic heterocycles. The van der Waals surface area contributed by atoms with Crippen LogP contribution in [-0.4, -0.2) is 48.2 Å². The highest BCUT2D eigenvalue weighted by molar-refractivity contribution is 7.89. The van der Waals surface area contributed by atoms with Crippen LogP contribution in [0.5, 0.6) is 17.4 Å². The van der Waals surface area contributed by atoms with Crippen molar-refractivity contribution < 1.29 is 27.6 Å². The summed E-state index contributed by atoms with van der Waals surface area (Å²) in [5.41, 5.74) is 0.537. The summed E-state index contributed by atoms with van der Waals surface area (Å²) in [5, 5.41) is 18.8. The number of nitro groups is 1. The molecule has 2 aromatic carbocycles. The topological polar surface area (TPSA) is 155 Å². The molecule has 0 saturated heterocycles. The molecule has 0 bridgehead atoms. The molecule has 12 nitrogen and oxygen atoms in total. The molecule has 0 saturated carbocycles. The van der Waals surface area contributed by atoms with Gasteiger partial charge in [0.15, 0.2) is 5.69 Å². The van der Waals surface area contributed by atoms with E-state index in [2.05, 4.69) is 15.1 Å². The summed E-state index contributed by atoms with van der Waals surface area (Å²) >= 11 is 0. The summed E-state index contributed by atoms with van der Waals surface area (Å²) < 4.78 is 41.7. The van der Waals surface area contributed by atoms with Gasteiger partial charge >= 0.3 is 0 Å². The molecule has 1 amide bonds. The summed E-state index contributed by atoms with van der Waals surface area (Å²) in [7, 11) is -2.68. The Kier molecular flexibility index (Phi) is 9.30. The second-order valence-corrected chi connectivity index (χ2v) is 10.8. The smallest absolute Gasteiger partial charge is 0.272 e. The summed E-state index contributed by atoms with van der Waals surface area (Å²) in [5.74, 6) is 0.0833. The minimum Gasteiger partial charge on any atom is -0.497 e. The summed E-state index contributed by atoms with van der Waals surface area (Å²) in [4.78, 5) is 23.4. The van der Waals surface area contributed by atoms with E-state index in [1.807, 2.05) is 13.8 Å². The van der Waals surface area contributed by atoms with E-state index in [9.17, 15) is 23.3 Å². The van der Waals surface area contributed by atoms with Crippen LogP contribution in [0.15, 0.2) is 47.4 Å². The van der Waals surface area contributed by atoms with E-state index < -0.39 is 37.5 Å². The molecule has 210 valence electrons. The third kappa shape index (κ3) is 6.73. The number of nitrogens with zero attached hydrogens (tertiary/aromatic N) is 3. The van der Waals surface area contributed by atoms with Gasteiger partial charge in [-0.25, -0.2) is 13.1 Å². The van der Waals surface area contributed by atoms with Crippen molar-refractivity contribution >= 4 is 21.6 Å². The van der Waals surface area contributed by atoms with Crippen molar-refractivity contribution in [1.29, 1.82) is 0 Å². The Morgan fingerprint density at radius 1 is 1.10 bits per heavy atom. The Bertz CT molecular complexity index is 1450. The van der Waals surface area contributed by atoms with Crippen LogP contribution < -0.4 is 19.5 Å². The van der Waals surface area contributed by atoms with E-state index in [0.717, 1.165) is 12.1 Å². The fourth-order valence-corrected chi connectivity index (χ4v) is 5.00. The Morgan fingerprint density at radius 3 is 2.31 bits per heavy atom. The average molecular weight is 560 g/mol. The zero-order valence-electron chi connectivity index (χ0n) is 22.7. The van der Waals surface area contributed by atoms with Crippen LogP contribution in [-0.2, 0) is 10.0 Å². The molecule has 2 N–H and O–H groups in total. The number of nitrogens with one attached hydrogen (secondary N) is 2. The Balaban J connectivity index is 2.20. The number of aromatic nitrogens is 2. The van der Waals surface area contributed by atoms with Crippen molar-refractivity contribution in [3.63, 3.8) is 0 Å². The molecule has 3 aromatic rings. The van der Waals surface area contributed by atoms with Crippen LogP contribution in [0, 0.1) is 17.0 Å². The predicted molar refractivity (Wildman–Crippen MR) is 145 cm³/mol. The second kappa shape index (κ2) is 12.3. The monoisotopic (exact) mass is 559 g/mol. The van der Waals surface area contributed by atoms with Crippen LogP contribution in [0.1, 0.15) is 56.6 Å². The molecule has 0 radical (unpaired) electrons. The van der Waals surface area contributed by atoms with Crippen molar-refractivity contribution in [2.45, 2.75) is 64.4 Å². The van der Waals surface area contributed by atoms with Gasteiger partial charge in [-0.15, -0.1) is 0 Å². The molecular weight excluding hydrogens is 526 g/mol. The third-order valence-electron chi connectivity index (χ3n) is 6.19. The highest BCUT2D eigenvalue weighted by atomic mass is 32.2. The second-order valence-electron chi connectivity index (χ2n) is 9.09. The van der Waals surface area contributed by atoms with E-state index in [1.54, 1.807) is 45.0 Å². The largest absolute Gasteiger partial charge is 0.497 e. The Hall–Kier alpha value is -3.97. The van der Waals surface area contributed by atoms with Gasteiger partial charge in [-0.2, -0.15) is 9.78 Å². The number of methoxy groups -OCH3 is 1. The first-order chi connectivity index (χ1) is 18.4. The summed E-state index contributed by atoms with van der Waals surface area (Å²) in [6, 6.07) is 9.58. The number of amides is 1. The lowest BCUT2D eigenvalue weighted by molar-refractivity contribution is -0.385. The molecule has 13 heteroatoms. The molecule has 2 atom stereocenters. The van der Waals surface area contributed by atoms with Gasteiger partial charge < -0.3 is 14.8 Å². The zero-order chi connectivity index (χ0) is 28.9. The van der Waals surface area contributed by atoms with E-state index in [4.69, 9.17) is 9.47 Å². The van der Waals surface area contributed by atoms with Crippen LogP contribution in [0.2, 0.25) is 0 Å². The molecule has 0 spiro atoms. The number of rotatable bonds is 12. The van der Waals surface area contributed by atoms with Crippen LogP contribution in [0.3, 0.4) is 0 Å². The standard InChI is InChI=1S/C26H33N5O7S/c1-7-16(3)27-25(32)24-18(5)26(30(28-24)19-9-12-21(37-6)13-10-19)38-22-14-11-20(31(33)34)15-23(22)39(35,36)29-17(4)8-2/h9-17,29H,7-8H2,1-6H3,(H,27,32)/t16-,17+/m1/s1. The number of carbonyl (C=O) groups excluding carboxylic acids is 1. The average Bonchev–Trinajstić information content (AvgIpc) is 3.23. The maximum atomic E-state index is 13.3. The van der Waals surface area contributed by atoms with E-state index >= 15 is 0 Å². The number of nitro benzene ring substituents is 1. The van der Waals surface area contributed by atoms with Crippen LogP contribution in [0.25, 0.3) is 5.69 Å². The van der Waals surface area contributed by atoms with E-state index in [0.29, 0.717) is 29.8 Å². The number of carbonyl (C=O) groups is 1. The fourth-order valence-electron chi connectivity index (χ4n) is 3.53. The van der Waals surface area contributed by atoms with Gasteiger partial charge in [0.05, 0.1) is 17.7 Å². The van der Waals surface area contributed by atoms with Gasteiger partial charge in [0.1, 0.15) is 16.4 Å². The number of benzene rings is 2. The van der Waals surface area contributed by atoms with Crippen molar-refractivity contribution in [2.75, 3.05) is 7.11 Å². The maximum Gasteiger partial charge on any atom is 0.272 e. The lowest BCUT2D eigenvalue weighted by Crippen LogP contribution is -2.32. The number of ether oxygens (including phenoxy) is 2. The lowest BCUT2D eigenvalue weighted by atomic mass is 10.2. The van der Waals surface area contributed by atoms with E-state index in [1.165, 1.54) is 17.9 Å². The van der Waals surface area contributed by atoms with Crippen molar-refractivity contribution in [3.8, 4) is 23.1 Å². The summed E-state index contributed by atoms with van der Waals surface area (Å²) in [6.45, 7) is 8.92. The first-order valence-corrected chi connectivity index (χ1v) is 13.9. The van der Waals surface area contributed by atoms with Gasteiger partial charge in [-0.1, -0.05) is 13.8 Å². The van der Waals surface area contributed by atoms with Gasteiger partial charge in [-0.05, 0) is 63.9 Å². The predicted octanol–water partition coefficient (Wildman–Crippen LogP) is 4.49. The minimum atomic E-state index is -4.21. The van der Waals surface area contributed by atoms with Crippen LogP contribution >= 0.6 is 0 Å². The first kappa shape index (κ1) is 29.6. The SMILES string of the molecule is CC[C@@H](C)NC(=O)c1nn(-c2ccc(OC)cc2)c(Oc2ccc([N+](=O)[O-])cc2S(=O)(=O)N[C@@H](C)CC)c1C. The molecule has 0 fully saturated rings. The Morgan fingerprint density at radius 2 is 1.74 bits per heavy atom. The van der Waals surface area contributed by atoms with E-state index in [-0.39, 0.29) is 23.4 Å². The van der Waals surface area contributed by atoms with Gasteiger partial charge in [-0.3, -0.25) is 14.9 Å². The molecular formula is C26H33N5O7S. The number of hydrogen-bond donors (Lipinski definition) is 2. The zero-order valence-corrected chi connectivity index (χ0v) is 23.5. The minimum absolute atomic E-state index is 0.0725. The van der Waals surface area contributed by atoms with Crippen molar-refractivity contribution in [2.24, 2.45) is 0 Å². The number of non-ortho nitro benzene ring substituents is 1. The number of hydrogen-bond acceptors (Lipinski definition) is 8. The summed E-state index contributed by atoms with van der Waals surface area (Å²) in [6.07, 6.45) is 1.21. The van der Waals surface area contributed by atoms with Gasteiger partial charge in [0.25, 0.3) is 11.6 Å². The normalized spacial score (nSPS) is 13.0. The fraction of sp³-hybridized carbons (Fsp3) is 0.385. The molecule has 3 rings (SSSR count). The third-order valence-corrected chi connectivity index (χ3v) is 7.80. The van der Waals surface area contributed by atoms with Crippen molar-refractivity contribution in [3.05, 3.63) is 63.8 Å². The molecule has 0 aliphatic carbocycles. The van der Waals surface area contributed by atoms with Gasteiger partial charge in [0, 0.05) is 29.8 Å². The highest BCUT2D eigenvalue weighted by Gasteiger charge is 2.28. The molecule has 1 aromatic heterocycles. The Labute approximate surface area is 227 Å². The highest BCUT2D eigenvalue weighted by Crippen LogP contribution is 2.36. The van der Waals surface area contributed by atoms with Crippen molar-refractivity contribution in [1.82, 2.24) is 19.8 Å². The maximum absolute atomic E-state index is 13.3. The number of sulfonamides is 1.